The van der Waals surface area contributed by atoms with Crippen molar-refractivity contribution in [3.63, 3.8) is 0 Å². The van der Waals surface area contributed by atoms with Gasteiger partial charge in [-0.05, 0) is 24.3 Å². The maximum Gasteiger partial charge on any atom is 0.198 e. The first kappa shape index (κ1) is 10.8. The largest absolute Gasteiger partial charge is 0.440 e. The van der Waals surface area contributed by atoms with Crippen LogP contribution in [0, 0.1) is 5.92 Å². The minimum atomic E-state index is 0.270. The number of hydrogen-bond acceptors (Lipinski definition) is 3. The molecule has 1 aliphatic carbocycles. The summed E-state index contributed by atoms with van der Waals surface area (Å²) in [5.74, 6) is 1.97. The molecule has 1 aromatic carbocycles. The third-order valence-electron chi connectivity index (χ3n) is 3.51. The van der Waals surface area contributed by atoms with Gasteiger partial charge in [-0.3, -0.25) is 0 Å². The molecule has 0 aliphatic heterocycles. The summed E-state index contributed by atoms with van der Waals surface area (Å²) in [7, 11) is 0. The van der Waals surface area contributed by atoms with Crippen molar-refractivity contribution in [1.29, 1.82) is 0 Å². The molecule has 0 radical (unpaired) electrons. The maximum absolute atomic E-state index is 9.16. The molecule has 2 aromatic rings. The Kier molecular flexibility index (Phi) is 2.44. The van der Waals surface area contributed by atoms with E-state index in [0.717, 1.165) is 23.4 Å². The Balaban J connectivity index is 2.06. The lowest BCUT2D eigenvalue weighted by atomic mass is 10.1. The number of hydrogen-bond donors (Lipinski definition) is 1. The van der Waals surface area contributed by atoms with Gasteiger partial charge in [-0.25, -0.2) is 4.98 Å². The SMILES string of the molecule is CC(C)c1nc2cccc([C@@H]3C[C@H]3CO)c2o1. The molecule has 0 bridgehead atoms. The highest BCUT2D eigenvalue weighted by atomic mass is 16.3. The summed E-state index contributed by atoms with van der Waals surface area (Å²) >= 11 is 0. The van der Waals surface area contributed by atoms with E-state index in [9.17, 15) is 0 Å². The lowest BCUT2D eigenvalue weighted by molar-refractivity contribution is 0.274. The molecule has 1 fully saturated rings. The molecule has 2 atom stereocenters. The molecule has 1 aliphatic rings. The highest BCUT2D eigenvalue weighted by Gasteiger charge is 2.39. The Labute approximate surface area is 100 Å². The van der Waals surface area contributed by atoms with Crippen LogP contribution in [-0.4, -0.2) is 16.7 Å². The minimum Gasteiger partial charge on any atom is -0.440 e. The van der Waals surface area contributed by atoms with E-state index in [1.165, 1.54) is 5.56 Å². The van der Waals surface area contributed by atoms with E-state index in [2.05, 4.69) is 24.9 Å². The van der Waals surface area contributed by atoms with Crippen LogP contribution in [0.15, 0.2) is 22.6 Å². The van der Waals surface area contributed by atoms with Gasteiger partial charge in [0.25, 0.3) is 0 Å². The van der Waals surface area contributed by atoms with Gasteiger partial charge < -0.3 is 9.52 Å². The van der Waals surface area contributed by atoms with Crippen LogP contribution in [0.5, 0.6) is 0 Å². The Morgan fingerprint density at radius 2 is 2.29 bits per heavy atom. The highest BCUT2D eigenvalue weighted by Crippen LogP contribution is 2.49. The summed E-state index contributed by atoms with van der Waals surface area (Å²) < 4.78 is 5.86. The van der Waals surface area contributed by atoms with E-state index in [-0.39, 0.29) is 6.61 Å². The Morgan fingerprint density at radius 3 is 2.94 bits per heavy atom. The fourth-order valence-corrected chi connectivity index (χ4v) is 2.36. The Morgan fingerprint density at radius 1 is 1.47 bits per heavy atom. The average molecular weight is 231 g/mol. The van der Waals surface area contributed by atoms with Crippen LogP contribution in [0.2, 0.25) is 0 Å². The molecule has 0 saturated heterocycles. The monoisotopic (exact) mass is 231 g/mol. The molecule has 1 saturated carbocycles. The van der Waals surface area contributed by atoms with Gasteiger partial charge in [0.15, 0.2) is 11.5 Å². The number of benzene rings is 1. The predicted molar refractivity (Wildman–Crippen MR) is 66.0 cm³/mol. The van der Waals surface area contributed by atoms with Gasteiger partial charge in [-0.2, -0.15) is 0 Å². The molecule has 3 heteroatoms. The van der Waals surface area contributed by atoms with Crippen LogP contribution in [0.4, 0.5) is 0 Å². The van der Waals surface area contributed by atoms with Gasteiger partial charge in [0.05, 0.1) is 0 Å². The number of fused-ring (bicyclic) bond motifs is 1. The van der Waals surface area contributed by atoms with Gasteiger partial charge >= 0.3 is 0 Å². The van der Waals surface area contributed by atoms with Crippen molar-refractivity contribution in [1.82, 2.24) is 4.98 Å². The van der Waals surface area contributed by atoms with Gasteiger partial charge in [-0.15, -0.1) is 0 Å². The topological polar surface area (TPSA) is 46.3 Å². The summed E-state index contributed by atoms with van der Waals surface area (Å²) in [6, 6.07) is 6.11. The molecule has 90 valence electrons. The zero-order chi connectivity index (χ0) is 12.0. The van der Waals surface area contributed by atoms with Crippen LogP contribution >= 0.6 is 0 Å². The van der Waals surface area contributed by atoms with E-state index in [0.29, 0.717) is 17.8 Å². The smallest absolute Gasteiger partial charge is 0.198 e. The second kappa shape index (κ2) is 3.84. The first-order chi connectivity index (χ1) is 8.20. The molecule has 17 heavy (non-hydrogen) atoms. The van der Waals surface area contributed by atoms with Gasteiger partial charge in [0, 0.05) is 18.1 Å². The first-order valence-corrected chi connectivity index (χ1v) is 6.21. The van der Waals surface area contributed by atoms with E-state index >= 15 is 0 Å². The fourth-order valence-electron chi connectivity index (χ4n) is 2.36. The van der Waals surface area contributed by atoms with Crippen molar-refractivity contribution in [2.75, 3.05) is 6.61 Å². The van der Waals surface area contributed by atoms with E-state index in [1.807, 2.05) is 12.1 Å². The summed E-state index contributed by atoms with van der Waals surface area (Å²) in [5, 5.41) is 9.16. The minimum absolute atomic E-state index is 0.270. The van der Waals surface area contributed by atoms with Crippen molar-refractivity contribution < 1.29 is 9.52 Å². The second-order valence-electron chi connectivity index (χ2n) is 5.19. The summed E-state index contributed by atoms with van der Waals surface area (Å²) in [5.41, 5.74) is 3.06. The number of oxazole rings is 1. The van der Waals surface area contributed by atoms with Crippen molar-refractivity contribution in [3.05, 3.63) is 29.7 Å². The number of para-hydroxylation sites is 1. The van der Waals surface area contributed by atoms with Crippen LogP contribution in [0.1, 0.15) is 43.6 Å². The summed E-state index contributed by atoms with van der Waals surface area (Å²) in [4.78, 5) is 4.50. The molecule has 3 rings (SSSR count). The molecular weight excluding hydrogens is 214 g/mol. The number of aromatic nitrogens is 1. The van der Waals surface area contributed by atoms with E-state index < -0.39 is 0 Å². The van der Waals surface area contributed by atoms with Crippen LogP contribution < -0.4 is 0 Å². The Bertz CT molecular complexity index is 544. The van der Waals surface area contributed by atoms with E-state index in [4.69, 9.17) is 9.52 Å². The second-order valence-corrected chi connectivity index (χ2v) is 5.19. The predicted octanol–water partition coefficient (Wildman–Crippen LogP) is 3.05. The summed E-state index contributed by atoms with van der Waals surface area (Å²) in [6.45, 7) is 4.43. The lowest BCUT2D eigenvalue weighted by Gasteiger charge is -1.99. The van der Waals surface area contributed by atoms with Gasteiger partial charge in [0.1, 0.15) is 5.52 Å². The number of nitrogens with zero attached hydrogens (tertiary/aromatic N) is 1. The molecule has 0 spiro atoms. The quantitative estimate of drug-likeness (QED) is 0.883. The number of aliphatic hydroxyl groups excluding tert-OH is 1. The van der Waals surface area contributed by atoms with Crippen LogP contribution in [0.25, 0.3) is 11.1 Å². The van der Waals surface area contributed by atoms with Crippen LogP contribution in [-0.2, 0) is 0 Å². The van der Waals surface area contributed by atoms with E-state index in [1.54, 1.807) is 0 Å². The van der Waals surface area contributed by atoms with Crippen molar-refractivity contribution in [2.45, 2.75) is 32.1 Å². The molecule has 1 aromatic heterocycles. The molecule has 1 N–H and O–H groups in total. The van der Waals surface area contributed by atoms with Crippen LogP contribution in [0.3, 0.4) is 0 Å². The third-order valence-corrected chi connectivity index (χ3v) is 3.51. The molecular formula is C14H17NO2. The van der Waals surface area contributed by atoms with Gasteiger partial charge in [0.2, 0.25) is 0 Å². The average Bonchev–Trinajstić information content (AvgIpc) is 2.96. The molecule has 0 unspecified atom stereocenters. The normalized spacial score (nSPS) is 23.5. The molecule has 1 heterocycles. The molecule has 3 nitrogen and oxygen atoms in total. The maximum atomic E-state index is 9.16. The third kappa shape index (κ3) is 1.75. The lowest BCUT2D eigenvalue weighted by Crippen LogP contribution is -1.89. The summed E-state index contributed by atoms with van der Waals surface area (Å²) in [6.07, 6.45) is 1.06. The number of aliphatic hydroxyl groups is 1. The standard InChI is InChI=1S/C14H17NO2/c1-8(2)14-15-12-5-3-4-10(13(12)17-14)11-6-9(11)7-16/h3-5,8-9,11,16H,6-7H2,1-2H3/t9-,11+/m0/s1. The van der Waals surface area contributed by atoms with Crippen molar-refractivity contribution in [3.8, 4) is 0 Å². The van der Waals surface area contributed by atoms with Crippen molar-refractivity contribution in [2.24, 2.45) is 5.92 Å². The zero-order valence-corrected chi connectivity index (χ0v) is 10.2. The molecule has 0 amide bonds. The Hall–Kier alpha value is -1.35. The number of rotatable bonds is 3. The van der Waals surface area contributed by atoms with Crippen molar-refractivity contribution >= 4 is 11.1 Å². The highest BCUT2D eigenvalue weighted by molar-refractivity contribution is 5.77. The zero-order valence-electron chi connectivity index (χ0n) is 10.2. The fraction of sp³-hybridized carbons (Fsp3) is 0.500. The first-order valence-electron chi connectivity index (χ1n) is 6.21. The van der Waals surface area contributed by atoms with Gasteiger partial charge in [-0.1, -0.05) is 26.0 Å².